The molecule has 0 bridgehead atoms. The van der Waals surface area contributed by atoms with Crippen molar-refractivity contribution in [1.29, 1.82) is 0 Å². The van der Waals surface area contributed by atoms with Gasteiger partial charge >= 0.3 is 0 Å². The van der Waals surface area contributed by atoms with Crippen LogP contribution in [0, 0.1) is 0 Å². The van der Waals surface area contributed by atoms with Crippen molar-refractivity contribution in [2.24, 2.45) is 5.73 Å². The summed E-state index contributed by atoms with van der Waals surface area (Å²) in [6.07, 6.45) is 0. The maximum Gasteiger partial charge on any atom is 0.0929 e. The molecule has 2 N–H and O–H groups in total. The number of fused-ring (bicyclic) bond motifs is 1. The van der Waals surface area contributed by atoms with Crippen LogP contribution in [0.25, 0.3) is 10.9 Å². The zero-order valence-electron chi connectivity index (χ0n) is 8.36. The molecule has 0 saturated carbocycles. The van der Waals surface area contributed by atoms with Gasteiger partial charge in [-0.1, -0.05) is 18.2 Å². The average Bonchev–Trinajstić information content (AvgIpc) is 2.16. The largest absolute Gasteiger partial charge is 0.321 e. The van der Waals surface area contributed by atoms with E-state index in [4.69, 9.17) is 5.73 Å². The summed E-state index contributed by atoms with van der Waals surface area (Å²) in [5, 5.41) is 9.30. The molecule has 0 unspecified atom stereocenters. The molecule has 1 heterocycles. The molecule has 1 aromatic carbocycles. The quantitative estimate of drug-likeness (QED) is 0.741. The lowest BCUT2D eigenvalue weighted by molar-refractivity contribution is 0.528. The Morgan fingerprint density at radius 3 is 2.57 bits per heavy atom. The van der Waals surface area contributed by atoms with Gasteiger partial charge in [0, 0.05) is 5.39 Å². The number of hydrogen-bond donors (Lipinski definition) is 1. The molecular weight excluding hydrogens is 174 g/mol. The predicted octanol–water partition coefficient (Wildman–Crippen LogP) is 1.82. The molecule has 2 rings (SSSR count). The minimum absolute atomic E-state index is 0.434. The van der Waals surface area contributed by atoms with Gasteiger partial charge in [0.25, 0.3) is 0 Å². The molecule has 72 valence electrons. The summed E-state index contributed by atoms with van der Waals surface area (Å²) in [4.78, 5) is 0. The third-order valence-corrected chi connectivity index (χ3v) is 2.15. The van der Waals surface area contributed by atoms with E-state index in [1.807, 2.05) is 44.2 Å². The van der Waals surface area contributed by atoms with E-state index in [9.17, 15) is 0 Å². The van der Waals surface area contributed by atoms with Gasteiger partial charge in [-0.15, -0.1) is 0 Å². The van der Waals surface area contributed by atoms with E-state index < -0.39 is 5.54 Å². The maximum atomic E-state index is 5.95. The van der Waals surface area contributed by atoms with Gasteiger partial charge in [-0.25, -0.2) is 0 Å². The van der Waals surface area contributed by atoms with Crippen LogP contribution >= 0.6 is 0 Å². The fourth-order valence-electron chi connectivity index (χ4n) is 1.30. The first-order chi connectivity index (χ1) is 6.57. The molecule has 3 nitrogen and oxygen atoms in total. The minimum Gasteiger partial charge on any atom is -0.321 e. The highest BCUT2D eigenvalue weighted by Gasteiger charge is 2.16. The van der Waals surface area contributed by atoms with Crippen LogP contribution in [0.1, 0.15) is 19.5 Å². The highest BCUT2D eigenvalue weighted by molar-refractivity contribution is 5.78. The Balaban J connectivity index is 2.63. The molecule has 14 heavy (non-hydrogen) atoms. The van der Waals surface area contributed by atoms with Gasteiger partial charge in [0.15, 0.2) is 0 Å². The topological polar surface area (TPSA) is 51.8 Å². The zero-order chi connectivity index (χ0) is 10.2. The molecule has 0 fully saturated rings. The van der Waals surface area contributed by atoms with Crippen molar-refractivity contribution < 1.29 is 0 Å². The molecule has 0 radical (unpaired) electrons. The summed E-state index contributed by atoms with van der Waals surface area (Å²) in [7, 11) is 0. The summed E-state index contributed by atoms with van der Waals surface area (Å²) in [5.41, 5.74) is 7.23. The van der Waals surface area contributed by atoms with Gasteiger partial charge in [0.05, 0.1) is 16.7 Å². The van der Waals surface area contributed by atoms with Crippen LogP contribution in [0.5, 0.6) is 0 Å². The Morgan fingerprint density at radius 2 is 1.86 bits per heavy atom. The highest BCUT2D eigenvalue weighted by atomic mass is 15.1. The maximum absolute atomic E-state index is 5.95. The molecule has 0 saturated heterocycles. The van der Waals surface area contributed by atoms with Crippen LogP contribution < -0.4 is 5.73 Å². The van der Waals surface area contributed by atoms with E-state index in [0.717, 1.165) is 16.6 Å². The molecule has 0 amide bonds. The standard InChI is InChI=1S/C11H13N3/c1-11(2,12)10-7-8-5-3-4-6-9(8)13-14-10/h3-7H,12H2,1-2H3. The van der Waals surface area contributed by atoms with Crippen LogP contribution in [0.4, 0.5) is 0 Å². The van der Waals surface area contributed by atoms with E-state index in [1.165, 1.54) is 0 Å². The molecule has 3 heteroatoms. The lowest BCUT2D eigenvalue weighted by atomic mass is 10.0. The van der Waals surface area contributed by atoms with Crippen LogP contribution in [-0.4, -0.2) is 10.2 Å². The number of hydrogen-bond acceptors (Lipinski definition) is 3. The summed E-state index contributed by atoms with van der Waals surface area (Å²) >= 11 is 0. The Morgan fingerprint density at radius 1 is 1.14 bits per heavy atom. The Bertz CT molecular complexity index is 457. The third kappa shape index (κ3) is 1.59. The first-order valence-electron chi connectivity index (χ1n) is 4.59. The third-order valence-electron chi connectivity index (χ3n) is 2.15. The fraction of sp³-hybridized carbons (Fsp3) is 0.273. The van der Waals surface area contributed by atoms with Gasteiger partial charge < -0.3 is 5.73 Å². The van der Waals surface area contributed by atoms with E-state index in [-0.39, 0.29) is 0 Å². The molecule has 0 aliphatic heterocycles. The van der Waals surface area contributed by atoms with Gasteiger partial charge in [-0.05, 0) is 26.0 Å². The van der Waals surface area contributed by atoms with E-state index in [2.05, 4.69) is 10.2 Å². The Kier molecular flexibility index (Phi) is 1.97. The monoisotopic (exact) mass is 187 g/mol. The molecule has 0 aliphatic carbocycles. The molecule has 2 aromatic rings. The molecule has 1 aromatic heterocycles. The van der Waals surface area contributed by atoms with Crippen molar-refractivity contribution in [3.8, 4) is 0 Å². The number of rotatable bonds is 1. The van der Waals surface area contributed by atoms with Crippen molar-refractivity contribution in [2.75, 3.05) is 0 Å². The van der Waals surface area contributed by atoms with Crippen LogP contribution in [-0.2, 0) is 5.54 Å². The Hall–Kier alpha value is -1.48. The fourth-order valence-corrected chi connectivity index (χ4v) is 1.30. The first-order valence-corrected chi connectivity index (χ1v) is 4.59. The lowest BCUT2D eigenvalue weighted by Gasteiger charge is -2.16. The van der Waals surface area contributed by atoms with E-state index in [0.29, 0.717) is 0 Å². The number of nitrogens with zero attached hydrogens (tertiary/aromatic N) is 2. The van der Waals surface area contributed by atoms with Crippen molar-refractivity contribution in [1.82, 2.24) is 10.2 Å². The minimum atomic E-state index is -0.434. The van der Waals surface area contributed by atoms with Crippen LogP contribution in [0.3, 0.4) is 0 Å². The summed E-state index contributed by atoms with van der Waals surface area (Å²) in [5.74, 6) is 0. The Labute approximate surface area is 83.0 Å². The van der Waals surface area contributed by atoms with Crippen LogP contribution in [0.2, 0.25) is 0 Å². The average molecular weight is 187 g/mol. The van der Waals surface area contributed by atoms with E-state index >= 15 is 0 Å². The highest BCUT2D eigenvalue weighted by Crippen LogP contribution is 2.17. The van der Waals surface area contributed by atoms with Crippen LogP contribution in [0.15, 0.2) is 30.3 Å². The van der Waals surface area contributed by atoms with Crippen molar-refractivity contribution >= 4 is 10.9 Å². The van der Waals surface area contributed by atoms with Crippen molar-refractivity contribution in [3.63, 3.8) is 0 Å². The number of benzene rings is 1. The summed E-state index contributed by atoms with van der Waals surface area (Å²) in [6.45, 7) is 3.84. The smallest absolute Gasteiger partial charge is 0.0929 e. The zero-order valence-corrected chi connectivity index (χ0v) is 8.36. The van der Waals surface area contributed by atoms with Gasteiger partial charge in [-0.2, -0.15) is 10.2 Å². The molecule has 0 spiro atoms. The first kappa shape index (κ1) is 9.09. The predicted molar refractivity (Wildman–Crippen MR) is 56.8 cm³/mol. The second kappa shape index (κ2) is 3.03. The van der Waals surface area contributed by atoms with Crippen molar-refractivity contribution in [2.45, 2.75) is 19.4 Å². The van der Waals surface area contributed by atoms with Gasteiger partial charge in [0.2, 0.25) is 0 Å². The lowest BCUT2D eigenvalue weighted by Crippen LogP contribution is -2.30. The molecule has 0 aliphatic rings. The second-order valence-corrected chi connectivity index (χ2v) is 4.01. The summed E-state index contributed by atoms with van der Waals surface area (Å²) < 4.78 is 0. The van der Waals surface area contributed by atoms with Crippen molar-refractivity contribution in [3.05, 3.63) is 36.0 Å². The number of nitrogens with two attached hydrogens (primary N) is 1. The molecular formula is C11H13N3. The SMILES string of the molecule is CC(C)(N)c1cc2ccccc2nn1. The summed E-state index contributed by atoms with van der Waals surface area (Å²) in [6, 6.07) is 9.87. The second-order valence-electron chi connectivity index (χ2n) is 4.01. The van der Waals surface area contributed by atoms with Gasteiger partial charge in [0.1, 0.15) is 0 Å². The molecule has 0 atom stereocenters. The van der Waals surface area contributed by atoms with Gasteiger partial charge in [-0.3, -0.25) is 0 Å². The van der Waals surface area contributed by atoms with E-state index in [1.54, 1.807) is 0 Å². The normalized spacial score (nSPS) is 11.9. The number of aromatic nitrogens is 2.